The SMILES string of the molecule is CCOC(=O)c1c(NC(=O)CSc2nnc(NC(=O)c3ccc(Cl)cc3)s2)sc2c1CCCC2. The molecule has 2 amide bonds. The molecule has 0 unspecified atom stereocenters. The first-order valence-corrected chi connectivity index (χ1v) is 13.6. The summed E-state index contributed by atoms with van der Waals surface area (Å²) in [5, 5.41) is 15.0. The first-order chi connectivity index (χ1) is 16.4. The Hall–Kier alpha value is -2.47. The number of fused-ring (bicyclic) bond motifs is 1. The van der Waals surface area contributed by atoms with Gasteiger partial charge in [0.15, 0.2) is 4.34 Å². The van der Waals surface area contributed by atoms with Gasteiger partial charge in [0.25, 0.3) is 5.91 Å². The fourth-order valence-electron chi connectivity index (χ4n) is 3.45. The third-order valence-electron chi connectivity index (χ3n) is 4.96. The van der Waals surface area contributed by atoms with E-state index in [4.69, 9.17) is 16.3 Å². The van der Waals surface area contributed by atoms with Crippen molar-refractivity contribution >= 4 is 74.0 Å². The summed E-state index contributed by atoms with van der Waals surface area (Å²) >= 11 is 9.68. The van der Waals surface area contributed by atoms with E-state index in [9.17, 15) is 14.4 Å². The number of anilines is 2. The summed E-state index contributed by atoms with van der Waals surface area (Å²) in [4.78, 5) is 38.6. The van der Waals surface area contributed by atoms with Crippen molar-refractivity contribution in [2.24, 2.45) is 0 Å². The molecule has 178 valence electrons. The van der Waals surface area contributed by atoms with Gasteiger partial charge in [0.2, 0.25) is 11.0 Å². The van der Waals surface area contributed by atoms with Crippen molar-refractivity contribution in [3.05, 3.63) is 50.9 Å². The Morgan fingerprint density at radius 1 is 1.09 bits per heavy atom. The largest absolute Gasteiger partial charge is 0.462 e. The van der Waals surface area contributed by atoms with Gasteiger partial charge in [-0.2, -0.15) is 0 Å². The van der Waals surface area contributed by atoms with Crippen LogP contribution < -0.4 is 10.6 Å². The highest BCUT2D eigenvalue weighted by molar-refractivity contribution is 8.01. The number of aromatic nitrogens is 2. The number of thiophene rings is 1. The van der Waals surface area contributed by atoms with Crippen molar-refractivity contribution in [3.63, 3.8) is 0 Å². The molecule has 0 aliphatic heterocycles. The predicted molar refractivity (Wildman–Crippen MR) is 136 cm³/mol. The lowest BCUT2D eigenvalue weighted by Crippen LogP contribution is -2.17. The Morgan fingerprint density at radius 2 is 1.85 bits per heavy atom. The van der Waals surface area contributed by atoms with Crippen LogP contribution in [-0.4, -0.2) is 40.3 Å². The van der Waals surface area contributed by atoms with Gasteiger partial charge in [0.1, 0.15) is 5.00 Å². The number of amides is 2. The van der Waals surface area contributed by atoms with Crippen molar-refractivity contribution in [1.82, 2.24) is 10.2 Å². The van der Waals surface area contributed by atoms with Gasteiger partial charge < -0.3 is 10.1 Å². The molecule has 0 atom stereocenters. The molecule has 0 spiro atoms. The normalized spacial score (nSPS) is 12.6. The fraction of sp³-hybridized carbons (Fsp3) is 0.318. The maximum Gasteiger partial charge on any atom is 0.341 e. The highest BCUT2D eigenvalue weighted by atomic mass is 35.5. The van der Waals surface area contributed by atoms with E-state index in [1.54, 1.807) is 31.2 Å². The molecule has 2 aromatic heterocycles. The van der Waals surface area contributed by atoms with Gasteiger partial charge in [0.05, 0.1) is 17.9 Å². The number of benzene rings is 1. The van der Waals surface area contributed by atoms with Gasteiger partial charge in [-0.25, -0.2) is 4.79 Å². The van der Waals surface area contributed by atoms with Crippen molar-refractivity contribution < 1.29 is 19.1 Å². The highest BCUT2D eigenvalue weighted by Gasteiger charge is 2.27. The number of esters is 1. The molecular weight excluding hydrogens is 516 g/mol. The number of nitrogens with zero attached hydrogens (tertiary/aromatic N) is 2. The zero-order valence-electron chi connectivity index (χ0n) is 18.2. The summed E-state index contributed by atoms with van der Waals surface area (Å²) in [6.07, 6.45) is 3.83. The number of hydrogen-bond acceptors (Lipinski definition) is 9. The molecule has 1 aromatic carbocycles. The van der Waals surface area contributed by atoms with Crippen LogP contribution in [0, 0.1) is 0 Å². The zero-order chi connectivity index (χ0) is 24.1. The number of ether oxygens (including phenoxy) is 1. The predicted octanol–water partition coefficient (Wildman–Crippen LogP) is 5.29. The van der Waals surface area contributed by atoms with Crippen LogP contribution in [0.2, 0.25) is 5.02 Å². The number of halogens is 1. The molecular formula is C22H21ClN4O4S3. The molecule has 2 heterocycles. The average Bonchev–Trinajstić information content (AvgIpc) is 3.42. The number of aryl methyl sites for hydroxylation is 1. The molecule has 0 radical (unpaired) electrons. The van der Waals surface area contributed by atoms with E-state index >= 15 is 0 Å². The summed E-state index contributed by atoms with van der Waals surface area (Å²) < 4.78 is 5.77. The van der Waals surface area contributed by atoms with E-state index < -0.39 is 5.97 Å². The van der Waals surface area contributed by atoms with Crippen molar-refractivity contribution in [3.8, 4) is 0 Å². The van der Waals surface area contributed by atoms with Crippen molar-refractivity contribution in [2.45, 2.75) is 36.9 Å². The van der Waals surface area contributed by atoms with Crippen LogP contribution in [0.1, 0.15) is 50.9 Å². The molecule has 0 saturated carbocycles. The zero-order valence-corrected chi connectivity index (χ0v) is 21.4. The van der Waals surface area contributed by atoms with Crippen LogP contribution in [0.5, 0.6) is 0 Å². The van der Waals surface area contributed by atoms with E-state index in [1.807, 2.05) is 0 Å². The summed E-state index contributed by atoms with van der Waals surface area (Å²) in [6, 6.07) is 6.50. The Labute approximate surface area is 213 Å². The first-order valence-electron chi connectivity index (χ1n) is 10.6. The lowest BCUT2D eigenvalue weighted by atomic mass is 9.95. The number of thioether (sulfide) groups is 1. The number of hydrogen-bond donors (Lipinski definition) is 2. The van der Waals surface area contributed by atoms with Gasteiger partial charge in [-0.15, -0.1) is 21.5 Å². The van der Waals surface area contributed by atoms with Gasteiger partial charge in [-0.1, -0.05) is 34.7 Å². The van der Waals surface area contributed by atoms with E-state index in [1.165, 1.54) is 34.4 Å². The third-order valence-corrected chi connectivity index (χ3v) is 8.40. The van der Waals surface area contributed by atoms with E-state index in [0.717, 1.165) is 36.1 Å². The summed E-state index contributed by atoms with van der Waals surface area (Å²) in [6.45, 7) is 2.04. The molecule has 0 bridgehead atoms. The minimum absolute atomic E-state index is 0.0879. The first kappa shape index (κ1) is 24.6. The molecule has 34 heavy (non-hydrogen) atoms. The molecule has 3 aromatic rings. The minimum Gasteiger partial charge on any atom is -0.462 e. The van der Waals surface area contributed by atoms with E-state index in [0.29, 0.717) is 30.6 Å². The maximum atomic E-state index is 12.6. The van der Waals surface area contributed by atoms with Crippen molar-refractivity contribution in [2.75, 3.05) is 23.0 Å². The Kier molecular flexibility index (Phi) is 8.19. The molecule has 0 fully saturated rings. The molecule has 12 heteroatoms. The average molecular weight is 537 g/mol. The van der Waals surface area contributed by atoms with Gasteiger partial charge >= 0.3 is 5.97 Å². The van der Waals surface area contributed by atoms with E-state index in [-0.39, 0.29) is 24.2 Å². The summed E-state index contributed by atoms with van der Waals surface area (Å²) in [5.74, 6) is -0.883. The Balaban J connectivity index is 1.35. The molecule has 4 rings (SSSR count). The second kappa shape index (κ2) is 11.3. The second-order valence-electron chi connectivity index (χ2n) is 7.31. The molecule has 2 N–H and O–H groups in total. The van der Waals surface area contributed by atoms with Gasteiger partial charge in [0, 0.05) is 15.5 Å². The monoisotopic (exact) mass is 536 g/mol. The van der Waals surface area contributed by atoms with Gasteiger partial charge in [-0.3, -0.25) is 14.9 Å². The maximum absolute atomic E-state index is 12.6. The topological polar surface area (TPSA) is 110 Å². The molecule has 1 aliphatic carbocycles. The van der Waals surface area contributed by atoms with Crippen LogP contribution in [0.4, 0.5) is 10.1 Å². The van der Waals surface area contributed by atoms with Crippen LogP contribution in [-0.2, 0) is 22.4 Å². The Morgan fingerprint density at radius 3 is 2.62 bits per heavy atom. The standard InChI is InChI=1S/C22H21ClN4O4S3/c1-2-31-20(30)17-14-5-3-4-6-15(14)33-19(17)24-16(28)11-32-22-27-26-21(34-22)25-18(29)12-7-9-13(23)10-8-12/h7-10H,2-6,11H2,1H3,(H,24,28)(H,25,26,29). The number of carbonyl (C=O) groups is 3. The molecule has 0 saturated heterocycles. The van der Waals surface area contributed by atoms with Crippen molar-refractivity contribution in [1.29, 1.82) is 0 Å². The lowest BCUT2D eigenvalue weighted by Gasteiger charge is -2.12. The second-order valence-corrected chi connectivity index (χ2v) is 11.0. The van der Waals surface area contributed by atoms with Crippen LogP contribution in [0.3, 0.4) is 0 Å². The number of nitrogens with one attached hydrogen (secondary N) is 2. The highest BCUT2D eigenvalue weighted by Crippen LogP contribution is 2.39. The molecule has 1 aliphatic rings. The number of carbonyl (C=O) groups excluding carboxylic acids is 3. The van der Waals surface area contributed by atoms with Crippen LogP contribution in [0.25, 0.3) is 0 Å². The lowest BCUT2D eigenvalue weighted by molar-refractivity contribution is -0.113. The van der Waals surface area contributed by atoms with Crippen LogP contribution >= 0.6 is 46.0 Å². The fourth-order valence-corrected chi connectivity index (χ4v) is 6.42. The number of rotatable bonds is 8. The quantitative estimate of drug-likeness (QED) is 0.228. The van der Waals surface area contributed by atoms with E-state index in [2.05, 4.69) is 20.8 Å². The van der Waals surface area contributed by atoms with Gasteiger partial charge in [-0.05, 0) is 62.4 Å². The third kappa shape index (κ3) is 5.96. The molecule has 8 nitrogen and oxygen atoms in total. The minimum atomic E-state index is -0.393. The smallest absolute Gasteiger partial charge is 0.341 e. The van der Waals surface area contributed by atoms with Crippen LogP contribution in [0.15, 0.2) is 28.6 Å². The summed E-state index contributed by atoms with van der Waals surface area (Å²) in [7, 11) is 0. The summed E-state index contributed by atoms with van der Waals surface area (Å²) in [5.41, 5.74) is 1.94. The Bertz CT molecular complexity index is 1210.